The maximum Gasteiger partial charge on any atom is 1.00 e. The second-order valence-corrected chi connectivity index (χ2v) is 18.8. The summed E-state index contributed by atoms with van der Waals surface area (Å²) in [4.78, 5) is 4.36. The third kappa shape index (κ3) is 10.4. The van der Waals surface area contributed by atoms with Crippen LogP contribution in [0.2, 0.25) is 0 Å². The number of para-hydroxylation sites is 2. The summed E-state index contributed by atoms with van der Waals surface area (Å²) in [5, 5.41) is 0.761. The van der Waals surface area contributed by atoms with E-state index in [1.807, 2.05) is 103 Å². The third-order valence-corrected chi connectivity index (χ3v) is 14.4. The minimum absolute atomic E-state index is 0. The Morgan fingerprint density at radius 3 is 1.04 bits per heavy atom. The largest absolute Gasteiger partial charge is 1.00 e. The van der Waals surface area contributed by atoms with E-state index in [0.29, 0.717) is 5.56 Å². The van der Waals surface area contributed by atoms with Gasteiger partial charge < -0.3 is 37.9 Å². The van der Waals surface area contributed by atoms with E-state index in [0.717, 1.165) is 101 Å². The minimum Gasteiger partial charge on any atom is -0.747 e. The van der Waals surface area contributed by atoms with Gasteiger partial charge in [0.05, 0.1) is 44.7 Å². The van der Waals surface area contributed by atoms with Crippen LogP contribution < -0.4 is 58.3 Å². The Morgan fingerprint density at radius 2 is 0.740 bits per heavy atom. The van der Waals surface area contributed by atoms with E-state index in [4.69, 9.17) is 18.9 Å². The zero-order valence-corrected chi connectivity index (χ0v) is 44.1. The first-order valence-electron chi connectivity index (χ1n) is 23.6. The molecule has 9 aromatic carbocycles. The van der Waals surface area contributed by atoms with Gasteiger partial charge in [-0.3, -0.25) is 0 Å². The second kappa shape index (κ2) is 22.1. The van der Waals surface area contributed by atoms with Crippen molar-refractivity contribution in [1.29, 1.82) is 0 Å². The fraction of sp³-hybridized carbons (Fsp3) is 0.115. The van der Waals surface area contributed by atoms with Gasteiger partial charge in [0, 0.05) is 62.6 Å². The number of benzene rings is 9. The van der Waals surface area contributed by atoms with Crippen LogP contribution in [0.3, 0.4) is 0 Å². The molecule has 0 spiro atoms. The van der Waals surface area contributed by atoms with E-state index < -0.39 is 15.4 Å². The second-order valence-electron chi connectivity index (χ2n) is 17.3. The number of anilines is 6. The quantitative estimate of drug-likeness (QED) is 0.0651. The Hall–Kier alpha value is -7.51. The zero-order chi connectivity index (χ0) is 49.8. The monoisotopic (exact) mass is 993 g/mol. The van der Waals surface area contributed by atoms with Crippen LogP contribution in [0.15, 0.2) is 212 Å². The number of rotatable bonds is 17. The average Bonchev–Trinajstić information content (AvgIpc) is 3.76. The fourth-order valence-corrected chi connectivity index (χ4v) is 10.6. The molecule has 0 aliphatic rings. The van der Waals surface area contributed by atoms with Crippen molar-refractivity contribution in [2.75, 3.05) is 38.2 Å². The molecule has 360 valence electrons. The molecule has 0 saturated heterocycles. The SMILES string of the molecule is COc1ccc(N(c2ccc(OC)cc2)c2ccc(-c3cccc4c5cccc(-c6ccc(N(c7ccc(OC)cc7)c7ccc(OC)cc7)cc6)c5n(CCC(c5ccccc5)S(=O)(=O)[O-])c34)cc2)cc1.[Na+]. The molecule has 0 aliphatic carbocycles. The van der Waals surface area contributed by atoms with Gasteiger partial charge in [0.1, 0.15) is 33.1 Å². The average molecular weight is 994 g/mol. The van der Waals surface area contributed by atoms with E-state index in [2.05, 4.69) is 99.3 Å². The van der Waals surface area contributed by atoms with Crippen LogP contribution in [0.1, 0.15) is 17.2 Å². The molecule has 1 aromatic heterocycles. The van der Waals surface area contributed by atoms with E-state index in [1.165, 1.54) is 0 Å². The summed E-state index contributed by atoms with van der Waals surface area (Å²) in [7, 11) is 1.89. The first kappa shape index (κ1) is 50.4. The molecular formula is C61H52N3NaO7S. The van der Waals surface area contributed by atoms with Crippen LogP contribution in [0.4, 0.5) is 34.1 Å². The maximum absolute atomic E-state index is 13.1. The molecule has 12 heteroatoms. The molecule has 73 heavy (non-hydrogen) atoms. The molecule has 1 heterocycles. The van der Waals surface area contributed by atoms with Crippen molar-refractivity contribution in [3.05, 3.63) is 218 Å². The maximum atomic E-state index is 13.1. The van der Waals surface area contributed by atoms with Crippen LogP contribution in [-0.2, 0) is 16.7 Å². The standard InChI is InChI=1S/C61H53N3O7S.Na/c1-68-51-32-24-47(25-33-51)63(48-26-34-52(69-2)35-27-48)45-20-16-42(17-21-45)55-12-8-14-57-58-15-9-13-56(61(58)62(60(55)57)41-40-59(72(65,66)67)44-10-6-5-7-11-44)43-18-22-46(23-19-43)64(49-28-36-53(70-3)37-29-49)50-30-38-54(71-4)39-31-50;/h5-39,59H,40-41H2,1-4H3,(H,65,66,67);/q;+1/p-1. The van der Waals surface area contributed by atoms with Gasteiger partial charge in [-0.1, -0.05) is 91.0 Å². The molecule has 0 aliphatic heterocycles. The Balaban J connectivity index is 0.00000656. The smallest absolute Gasteiger partial charge is 0.747 e. The summed E-state index contributed by atoms with van der Waals surface area (Å²) in [6.45, 7) is 0.247. The van der Waals surface area contributed by atoms with Crippen LogP contribution in [0, 0.1) is 0 Å². The van der Waals surface area contributed by atoms with Gasteiger partial charge in [-0.05, 0) is 144 Å². The van der Waals surface area contributed by atoms with Gasteiger partial charge in [-0.2, -0.15) is 0 Å². The van der Waals surface area contributed by atoms with Crippen molar-refractivity contribution >= 4 is 66.0 Å². The molecule has 0 radical (unpaired) electrons. The van der Waals surface area contributed by atoms with E-state index >= 15 is 0 Å². The number of nitrogens with zero attached hydrogens (tertiary/aromatic N) is 3. The summed E-state index contributed by atoms with van der Waals surface area (Å²) >= 11 is 0. The van der Waals surface area contributed by atoms with Gasteiger partial charge in [0.25, 0.3) is 0 Å². The Labute approximate surface area is 448 Å². The van der Waals surface area contributed by atoms with Crippen molar-refractivity contribution in [3.8, 4) is 45.3 Å². The number of aromatic nitrogens is 1. The van der Waals surface area contributed by atoms with Crippen molar-refractivity contribution in [1.82, 2.24) is 4.57 Å². The van der Waals surface area contributed by atoms with Crippen molar-refractivity contribution in [3.63, 3.8) is 0 Å². The van der Waals surface area contributed by atoms with Gasteiger partial charge >= 0.3 is 29.6 Å². The molecule has 0 saturated carbocycles. The molecule has 10 nitrogen and oxygen atoms in total. The topological polar surface area (TPSA) is 106 Å². The van der Waals surface area contributed by atoms with Gasteiger partial charge in [-0.15, -0.1) is 0 Å². The van der Waals surface area contributed by atoms with Gasteiger partial charge in [-0.25, -0.2) is 8.42 Å². The first-order valence-corrected chi connectivity index (χ1v) is 25.0. The Morgan fingerprint density at radius 1 is 0.425 bits per heavy atom. The van der Waals surface area contributed by atoms with Crippen molar-refractivity contribution < 1.29 is 61.5 Å². The summed E-state index contributed by atoms with van der Waals surface area (Å²) < 4.78 is 63.5. The van der Waals surface area contributed by atoms with Gasteiger partial charge in [0.15, 0.2) is 0 Å². The molecule has 1 unspecified atom stereocenters. The molecule has 10 aromatic rings. The molecule has 10 rings (SSSR count). The van der Waals surface area contributed by atoms with Crippen LogP contribution in [0.5, 0.6) is 23.0 Å². The summed E-state index contributed by atoms with van der Waals surface area (Å²) in [5.74, 6) is 3.04. The third-order valence-electron chi connectivity index (χ3n) is 13.2. The number of fused-ring (bicyclic) bond motifs is 3. The number of hydrogen-bond donors (Lipinski definition) is 0. The molecule has 0 amide bonds. The fourth-order valence-electron chi connectivity index (χ4n) is 9.70. The number of aryl methyl sites for hydroxylation is 1. The van der Waals surface area contributed by atoms with E-state index in [-0.39, 0.29) is 42.5 Å². The van der Waals surface area contributed by atoms with Crippen LogP contribution >= 0.6 is 0 Å². The summed E-state index contributed by atoms with van der Waals surface area (Å²) in [6.07, 6.45) is 0.0621. The number of ether oxygens (including phenoxy) is 4. The predicted octanol–water partition coefficient (Wildman–Crippen LogP) is 11.8. The van der Waals surface area contributed by atoms with E-state index in [9.17, 15) is 13.0 Å². The molecule has 0 N–H and O–H groups in total. The molecule has 0 bridgehead atoms. The zero-order valence-electron chi connectivity index (χ0n) is 41.3. The Bertz CT molecular complexity index is 3280. The predicted molar refractivity (Wildman–Crippen MR) is 289 cm³/mol. The van der Waals surface area contributed by atoms with Crippen LogP contribution in [0.25, 0.3) is 44.1 Å². The van der Waals surface area contributed by atoms with Crippen molar-refractivity contribution in [2.45, 2.75) is 18.2 Å². The molecule has 1 atom stereocenters. The van der Waals surface area contributed by atoms with Crippen molar-refractivity contribution in [2.24, 2.45) is 0 Å². The molecule has 0 fully saturated rings. The van der Waals surface area contributed by atoms with E-state index in [1.54, 1.807) is 52.7 Å². The van der Waals surface area contributed by atoms with Crippen LogP contribution in [-0.4, -0.2) is 46.0 Å². The minimum atomic E-state index is -4.74. The Kier molecular flexibility index (Phi) is 15.3. The summed E-state index contributed by atoms with van der Waals surface area (Å²) in [5.41, 5.74) is 11.9. The number of hydrogen-bond acceptors (Lipinski definition) is 9. The summed E-state index contributed by atoms with van der Waals surface area (Å²) in [6, 6.07) is 70.2. The normalized spacial score (nSPS) is 11.7. The van der Waals surface area contributed by atoms with Gasteiger partial charge in [0.2, 0.25) is 0 Å². The number of methoxy groups -OCH3 is 4. The first-order chi connectivity index (χ1) is 35.1. The molecular weight excluding hydrogens is 942 g/mol.